The van der Waals surface area contributed by atoms with E-state index in [2.05, 4.69) is 0 Å². The number of amides is 1. The molecule has 4 heteroatoms. The Bertz CT molecular complexity index is 403. The second-order valence-electron chi connectivity index (χ2n) is 3.79. The molecule has 1 aromatic rings. The Morgan fingerprint density at radius 3 is 2.75 bits per heavy atom. The van der Waals surface area contributed by atoms with E-state index in [0.717, 1.165) is 36.4 Å². The van der Waals surface area contributed by atoms with Crippen molar-refractivity contribution in [1.29, 1.82) is 0 Å². The van der Waals surface area contributed by atoms with Gasteiger partial charge in [0.1, 0.15) is 11.5 Å². The third-order valence-corrected chi connectivity index (χ3v) is 2.90. The molecule has 16 heavy (non-hydrogen) atoms. The molecule has 0 fully saturated rings. The van der Waals surface area contributed by atoms with Crippen molar-refractivity contribution in [2.45, 2.75) is 13.0 Å². The molecule has 0 saturated carbocycles. The van der Waals surface area contributed by atoms with Gasteiger partial charge in [-0.2, -0.15) is 0 Å². The normalized spacial score (nSPS) is 14.2. The van der Waals surface area contributed by atoms with Gasteiger partial charge in [-0.1, -0.05) is 0 Å². The summed E-state index contributed by atoms with van der Waals surface area (Å²) in [7, 11) is 3.28. The molecule has 0 aromatic heterocycles. The quantitative estimate of drug-likeness (QED) is 0.720. The molecule has 0 aliphatic carbocycles. The van der Waals surface area contributed by atoms with Gasteiger partial charge in [0.25, 0.3) is 0 Å². The van der Waals surface area contributed by atoms with Gasteiger partial charge in [-0.3, -0.25) is 4.79 Å². The van der Waals surface area contributed by atoms with Crippen LogP contribution < -0.4 is 9.47 Å². The first-order valence-electron chi connectivity index (χ1n) is 5.21. The molecule has 1 aliphatic rings. The van der Waals surface area contributed by atoms with Crippen molar-refractivity contribution in [2.24, 2.45) is 0 Å². The number of methoxy groups -OCH3 is 2. The number of hydrogen-bond acceptors (Lipinski definition) is 3. The fraction of sp³-hybridized carbons (Fsp3) is 0.417. The average Bonchev–Trinajstić information content (AvgIpc) is 2.36. The molecular weight excluding hydrogens is 206 g/mol. The van der Waals surface area contributed by atoms with E-state index in [0.29, 0.717) is 6.54 Å². The molecule has 0 N–H and O–H groups in total. The molecule has 0 radical (unpaired) electrons. The van der Waals surface area contributed by atoms with Crippen LogP contribution in [0.3, 0.4) is 0 Å². The highest BCUT2D eigenvalue weighted by atomic mass is 16.5. The van der Waals surface area contributed by atoms with Crippen LogP contribution in [0.1, 0.15) is 11.1 Å². The van der Waals surface area contributed by atoms with Gasteiger partial charge >= 0.3 is 0 Å². The fourth-order valence-electron chi connectivity index (χ4n) is 2.04. The van der Waals surface area contributed by atoms with Gasteiger partial charge in [-0.05, 0) is 18.1 Å². The van der Waals surface area contributed by atoms with Crippen LogP contribution in [0.5, 0.6) is 11.5 Å². The van der Waals surface area contributed by atoms with Gasteiger partial charge in [-0.25, -0.2) is 0 Å². The summed E-state index contributed by atoms with van der Waals surface area (Å²) in [6.45, 7) is 1.38. The standard InChI is InChI=1S/C12H15NO3/c1-15-10-5-9-7-13(8-14)4-3-11(9)12(6-10)16-2/h5-6,8H,3-4,7H2,1-2H3. The predicted octanol–water partition coefficient (Wildman–Crippen LogP) is 1.22. The maximum Gasteiger partial charge on any atom is 0.210 e. The summed E-state index contributed by atoms with van der Waals surface area (Å²) in [4.78, 5) is 12.5. The molecule has 2 rings (SSSR count). The van der Waals surface area contributed by atoms with Crippen molar-refractivity contribution in [1.82, 2.24) is 4.90 Å². The molecule has 1 heterocycles. The van der Waals surface area contributed by atoms with E-state index in [1.807, 2.05) is 12.1 Å². The van der Waals surface area contributed by atoms with Gasteiger partial charge in [0, 0.05) is 24.7 Å². The van der Waals surface area contributed by atoms with Crippen molar-refractivity contribution < 1.29 is 14.3 Å². The molecule has 0 unspecified atom stereocenters. The zero-order valence-corrected chi connectivity index (χ0v) is 9.53. The highest BCUT2D eigenvalue weighted by molar-refractivity contribution is 5.53. The minimum Gasteiger partial charge on any atom is -0.497 e. The van der Waals surface area contributed by atoms with Crippen LogP contribution in [0.2, 0.25) is 0 Å². The van der Waals surface area contributed by atoms with Crippen LogP contribution in [0.15, 0.2) is 12.1 Å². The van der Waals surface area contributed by atoms with Crippen LogP contribution in [0.25, 0.3) is 0 Å². The Hall–Kier alpha value is -1.71. The minimum atomic E-state index is 0.631. The summed E-state index contributed by atoms with van der Waals surface area (Å²) < 4.78 is 10.5. The van der Waals surface area contributed by atoms with Crippen molar-refractivity contribution in [3.8, 4) is 11.5 Å². The number of nitrogens with zero attached hydrogens (tertiary/aromatic N) is 1. The number of carbonyl (C=O) groups is 1. The lowest BCUT2D eigenvalue weighted by Crippen LogP contribution is -2.29. The Labute approximate surface area is 94.8 Å². The van der Waals surface area contributed by atoms with Gasteiger partial charge in [0.15, 0.2) is 0 Å². The van der Waals surface area contributed by atoms with Gasteiger partial charge < -0.3 is 14.4 Å². The number of benzene rings is 1. The summed E-state index contributed by atoms with van der Waals surface area (Å²) in [5.74, 6) is 1.61. The maximum absolute atomic E-state index is 10.7. The van der Waals surface area contributed by atoms with E-state index in [9.17, 15) is 4.79 Å². The van der Waals surface area contributed by atoms with Crippen molar-refractivity contribution in [3.05, 3.63) is 23.3 Å². The van der Waals surface area contributed by atoms with Crippen molar-refractivity contribution in [3.63, 3.8) is 0 Å². The lowest BCUT2D eigenvalue weighted by molar-refractivity contribution is -0.118. The second kappa shape index (κ2) is 4.43. The Morgan fingerprint density at radius 1 is 1.31 bits per heavy atom. The Morgan fingerprint density at radius 2 is 2.12 bits per heavy atom. The second-order valence-corrected chi connectivity index (χ2v) is 3.79. The lowest BCUT2D eigenvalue weighted by Gasteiger charge is -2.27. The number of rotatable bonds is 3. The molecule has 1 amide bonds. The third kappa shape index (κ3) is 1.83. The predicted molar refractivity (Wildman–Crippen MR) is 59.7 cm³/mol. The molecule has 4 nitrogen and oxygen atoms in total. The Balaban J connectivity index is 2.41. The smallest absolute Gasteiger partial charge is 0.210 e. The molecule has 1 aromatic carbocycles. The SMILES string of the molecule is COc1cc2c(c(OC)c1)CCN(C=O)C2. The van der Waals surface area contributed by atoms with E-state index in [-0.39, 0.29) is 0 Å². The minimum absolute atomic E-state index is 0.631. The molecule has 0 bridgehead atoms. The topological polar surface area (TPSA) is 38.8 Å². The van der Waals surface area contributed by atoms with E-state index in [1.165, 1.54) is 5.56 Å². The summed E-state index contributed by atoms with van der Waals surface area (Å²) in [5, 5.41) is 0. The third-order valence-electron chi connectivity index (χ3n) is 2.90. The van der Waals surface area contributed by atoms with Gasteiger partial charge in [0.2, 0.25) is 6.41 Å². The van der Waals surface area contributed by atoms with Crippen molar-refractivity contribution in [2.75, 3.05) is 20.8 Å². The first-order valence-corrected chi connectivity index (χ1v) is 5.21. The van der Waals surface area contributed by atoms with Crippen molar-refractivity contribution >= 4 is 6.41 Å². The fourth-order valence-corrected chi connectivity index (χ4v) is 2.04. The maximum atomic E-state index is 10.7. The number of ether oxygens (including phenoxy) is 2. The van der Waals surface area contributed by atoms with Gasteiger partial charge in [-0.15, -0.1) is 0 Å². The first kappa shape index (κ1) is 10.8. The van der Waals surface area contributed by atoms with Crippen LogP contribution in [-0.4, -0.2) is 32.1 Å². The Kier molecular flexibility index (Phi) is 2.99. The molecule has 0 spiro atoms. The number of hydrogen-bond donors (Lipinski definition) is 0. The number of carbonyl (C=O) groups excluding carboxylic acids is 1. The molecule has 0 atom stereocenters. The molecule has 1 aliphatic heterocycles. The monoisotopic (exact) mass is 221 g/mol. The summed E-state index contributed by atoms with van der Waals surface area (Å²) in [5.41, 5.74) is 2.29. The van der Waals surface area contributed by atoms with E-state index >= 15 is 0 Å². The van der Waals surface area contributed by atoms with Gasteiger partial charge in [0.05, 0.1) is 14.2 Å². The zero-order valence-electron chi connectivity index (χ0n) is 9.53. The van der Waals surface area contributed by atoms with E-state index in [4.69, 9.17) is 9.47 Å². The van der Waals surface area contributed by atoms with E-state index < -0.39 is 0 Å². The average molecular weight is 221 g/mol. The molecule has 86 valence electrons. The number of fused-ring (bicyclic) bond motifs is 1. The summed E-state index contributed by atoms with van der Waals surface area (Å²) in [6, 6.07) is 3.85. The highest BCUT2D eigenvalue weighted by Crippen LogP contribution is 2.32. The summed E-state index contributed by atoms with van der Waals surface area (Å²) >= 11 is 0. The van der Waals surface area contributed by atoms with Crippen LogP contribution >= 0.6 is 0 Å². The van der Waals surface area contributed by atoms with Crippen LogP contribution in [0, 0.1) is 0 Å². The molecular formula is C12H15NO3. The van der Waals surface area contributed by atoms with E-state index in [1.54, 1.807) is 19.1 Å². The van der Waals surface area contributed by atoms with Crippen LogP contribution in [0.4, 0.5) is 0 Å². The lowest BCUT2D eigenvalue weighted by atomic mass is 9.98. The van der Waals surface area contributed by atoms with Crippen LogP contribution in [-0.2, 0) is 17.8 Å². The first-order chi connectivity index (χ1) is 7.78. The summed E-state index contributed by atoms with van der Waals surface area (Å²) in [6.07, 6.45) is 1.72. The zero-order chi connectivity index (χ0) is 11.5. The largest absolute Gasteiger partial charge is 0.497 e. The molecule has 0 saturated heterocycles. The highest BCUT2D eigenvalue weighted by Gasteiger charge is 2.19.